The summed E-state index contributed by atoms with van der Waals surface area (Å²) in [4.78, 5) is 9.22. The number of rotatable bonds is 5. The Morgan fingerprint density at radius 2 is 1.78 bits per heavy atom. The average molecular weight is 523 g/mol. The summed E-state index contributed by atoms with van der Waals surface area (Å²) in [6.45, 7) is 4.33. The molecule has 2 atom stereocenters. The van der Waals surface area contributed by atoms with Gasteiger partial charge in [-0.2, -0.15) is 10.2 Å². The number of pyridine rings is 1. The highest BCUT2D eigenvalue weighted by Gasteiger charge is 2.65. The van der Waals surface area contributed by atoms with E-state index in [4.69, 9.17) is 4.98 Å². The molecule has 2 bridgehead atoms. The van der Waals surface area contributed by atoms with Crippen molar-refractivity contribution in [2.24, 2.45) is 5.41 Å². The lowest BCUT2D eigenvalue weighted by atomic mass is 9.66. The van der Waals surface area contributed by atoms with Gasteiger partial charge >= 0.3 is 0 Å². The number of fused-ring (bicyclic) bond motifs is 5. The molecule has 1 aromatic carbocycles. The summed E-state index contributed by atoms with van der Waals surface area (Å²) in [6, 6.07) is 11.1. The van der Waals surface area contributed by atoms with Gasteiger partial charge in [0.25, 0.3) is 0 Å². The minimum atomic E-state index is -3.34. The Labute approximate surface area is 212 Å². The van der Waals surface area contributed by atoms with Gasteiger partial charge in [0.1, 0.15) is 29.5 Å². The molecule has 1 fully saturated rings. The summed E-state index contributed by atoms with van der Waals surface area (Å²) in [7, 11) is -3.34. The van der Waals surface area contributed by atoms with Crippen LogP contribution in [0.2, 0.25) is 0 Å². The predicted octanol–water partition coefficient (Wildman–Crippen LogP) is 4.28. The largest absolute Gasteiger partial charge is 0.248 e. The summed E-state index contributed by atoms with van der Waals surface area (Å²) in [5.41, 5.74) is 2.06. The van der Waals surface area contributed by atoms with Crippen molar-refractivity contribution >= 4 is 9.84 Å². The van der Waals surface area contributed by atoms with E-state index in [2.05, 4.69) is 34.1 Å². The molecule has 0 spiro atoms. The molecule has 6 rings (SSSR count). The molecule has 3 heterocycles. The second-order valence-corrected chi connectivity index (χ2v) is 12.5. The van der Waals surface area contributed by atoms with Crippen LogP contribution in [0.5, 0.6) is 0 Å². The first-order valence-corrected chi connectivity index (χ1v) is 13.9. The fourth-order valence-electron chi connectivity index (χ4n) is 6.33. The lowest BCUT2D eigenvalue weighted by Crippen LogP contribution is -2.37. The normalized spacial score (nSPS) is 21.8. The third-order valence-corrected chi connectivity index (χ3v) is 8.70. The van der Waals surface area contributed by atoms with Crippen LogP contribution in [-0.4, -0.2) is 44.6 Å². The molecule has 1 saturated carbocycles. The predicted molar refractivity (Wildman–Crippen MR) is 132 cm³/mol. The summed E-state index contributed by atoms with van der Waals surface area (Å²) in [5.74, 6) is -1.22. The SMILES string of the molecule is CC1(C)[C@H]2CC[C@]1(c1cccc(-c3ncnn3CS(C)(=O)=O)n1)c1nnc(-c3c(F)cccc3F)cc12. The molecule has 3 aromatic heterocycles. The Balaban J connectivity index is 1.49. The van der Waals surface area contributed by atoms with Crippen molar-refractivity contribution in [2.45, 2.75) is 43.9 Å². The number of halogens is 2. The lowest BCUT2D eigenvalue weighted by Gasteiger charge is -2.37. The van der Waals surface area contributed by atoms with E-state index in [1.165, 1.54) is 29.2 Å². The van der Waals surface area contributed by atoms with Gasteiger partial charge < -0.3 is 0 Å². The summed E-state index contributed by atoms with van der Waals surface area (Å²) in [6.07, 6.45) is 4.09. The Bertz CT molecular complexity index is 1650. The third-order valence-electron chi connectivity index (χ3n) is 7.99. The summed E-state index contributed by atoms with van der Waals surface area (Å²) in [5, 5.41) is 12.9. The van der Waals surface area contributed by atoms with Gasteiger partial charge in [-0.3, -0.25) is 0 Å². The van der Waals surface area contributed by atoms with Crippen LogP contribution in [0.4, 0.5) is 8.78 Å². The van der Waals surface area contributed by atoms with E-state index < -0.39 is 26.9 Å². The molecular weight excluding hydrogens is 498 g/mol. The molecule has 0 amide bonds. The van der Waals surface area contributed by atoms with Gasteiger partial charge in [0.15, 0.2) is 15.7 Å². The maximum absolute atomic E-state index is 14.5. The van der Waals surface area contributed by atoms with Crippen LogP contribution in [-0.2, 0) is 21.1 Å². The third kappa shape index (κ3) is 3.43. The maximum Gasteiger partial charge on any atom is 0.177 e. The van der Waals surface area contributed by atoms with Gasteiger partial charge in [0, 0.05) is 6.26 Å². The van der Waals surface area contributed by atoms with Gasteiger partial charge in [0.2, 0.25) is 0 Å². The molecule has 8 nitrogen and oxygen atoms in total. The zero-order valence-corrected chi connectivity index (χ0v) is 21.3. The Morgan fingerprint density at radius 1 is 1.05 bits per heavy atom. The molecule has 0 aliphatic heterocycles. The van der Waals surface area contributed by atoms with Crippen molar-refractivity contribution in [3.8, 4) is 22.8 Å². The Hall–Kier alpha value is -3.60. The van der Waals surface area contributed by atoms with Crippen LogP contribution in [0.25, 0.3) is 22.8 Å². The minimum absolute atomic E-state index is 0.103. The average Bonchev–Trinajstić information content (AvgIpc) is 3.45. The molecule has 190 valence electrons. The molecule has 0 N–H and O–H groups in total. The summed E-state index contributed by atoms with van der Waals surface area (Å²) >= 11 is 0. The van der Waals surface area contributed by atoms with Gasteiger partial charge in [-0.15, -0.1) is 5.10 Å². The lowest BCUT2D eigenvalue weighted by molar-refractivity contribution is 0.243. The van der Waals surface area contributed by atoms with Gasteiger partial charge in [-0.25, -0.2) is 31.8 Å². The highest BCUT2D eigenvalue weighted by Crippen LogP contribution is 2.69. The van der Waals surface area contributed by atoms with Crippen LogP contribution in [0.15, 0.2) is 48.8 Å². The Morgan fingerprint density at radius 3 is 2.51 bits per heavy atom. The number of aromatic nitrogens is 6. The molecule has 0 unspecified atom stereocenters. The van der Waals surface area contributed by atoms with Crippen molar-refractivity contribution in [3.05, 3.63) is 77.4 Å². The highest BCUT2D eigenvalue weighted by molar-refractivity contribution is 7.89. The number of nitrogens with zero attached hydrogens (tertiary/aromatic N) is 6. The summed E-state index contributed by atoms with van der Waals surface area (Å²) < 4.78 is 54.1. The second-order valence-electron chi connectivity index (χ2n) is 10.4. The second kappa shape index (κ2) is 7.95. The van der Waals surface area contributed by atoms with E-state index in [9.17, 15) is 17.2 Å². The molecule has 0 saturated heterocycles. The smallest absolute Gasteiger partial charge is 0.177 e. The monoisotopic (exact) mass is 522 g/mol. The molecule has 2 aliphatic carbocycles. The number of hydrogen-bond donors (Lipinski definition) is 0. The van der Waals surface area contributed by atoms with E-state index >= 15 is 0 Å². The number of benzene rings is 1. The van der Waals surface area contributed by atoms with E-state index in [0.29, 0.717) is 11.5 Å². The van der Waals surface area contributed by atoms with E-state index in [0.717, 1.165) is 36.0 Å². The molecule has 11 heteroatoms. The van der Waals surface area contributed by atoms with Gasteiger partial charge in [-0.1, -0.05) is 26.0 Å². The van der Waals surface area contributed by atoms with Gasteiger partial charge in [0.05, 0.1) is 28.1 Å². The van der Waals surface area contributed by atoms with Crippen LogP contribution in [0.1, 0.15) is 49.6 Å². The maximum atomic E-state index is 14.5. The zero-order valence-electron chi connectivity index (χ0n) is 20.5. The van der Waals surface area contributed by atoms with Crippen molar-refractivity contribution < 1.29 is 17.2 Å². The van der Waals surface area contributed by atoms with Crippen LogP contribution in [0.3, 0.4) is 0 Å². The van der Waals surface area contributed by atoms with E-state index in [1.807, 2.05) is 12.1 Å². The zero-order chi connectivity index (χ0) is 26.2. The highest BCUT2D eigenvalue weighted by atomic mass is 32.2. The molecule has 2 aliphatic rings. The van der Waals surface area contributed by atoms with Crippen molar-refractivity contribution in [1.82, 2.24) is 29.9 Å². The molecule has 0 radical (unpaired) electrons. The molecule has 37 heavy (non-hydrogen) atoms. The fourth-order valence-corrected chi connectivity index (χ4v) is 6.97. The first kappa shape index (κ1) is 23.8. The van der Waals surface area contributed by atoms with E-state index in [-0.39, 0.29) is 28.5 Å². The van der Waals surface area contributed by atoms with Crippen LogP contribution in [0, 0.1) is 17.0 Å². The topological polar surface area (TPSA) is 104 Å². The van der Waals surface area contributed by atoms with Crippen LogP contribution >= 0.6 is 0 Å². The molecule has 4 aromatic rings. The number of hydrogen-bond acceptors (Lipinski definition) is 7. The quantitative estimate of drug-likeness (QED) is 0.385. The number of sulfone groups is 1. The molecular formula is C26H24F2N6O2S. The minimum Gasteiger partial charge on any atom is -0.248 e. The van der Waals surface area contributed by atoms with Crippen LogP contribution < -0.4 is 0 Å². The van der Waals surface area contributed by atoms with Crippen molar-refractivity contribution in [3.63, 3.8) is 0 Å². The standard InChI is InChI=1S/C26H24F2N6O2S/c1-25(2)16-10-11-26(25,23-15(16)12-20(32-33-23)22-17(27)6-4-7-18(22)28)21-9-5-8-19(31-21)24-29-13-30-34(24)14-37(3,35)36/h4-9,12-13,16H,10-11,14H2,1-3H3/t16-,26-/m0/s1. The first-order chi connectivity index (χ1) is 17.5. The fraction of sp³-hybridized carbons (Fsp3) is 0.346. The first-order valence-electron chi connectivity index (χ1n) is 11.9. The van der Waals surface area contributed by atoms with Gasteiger partial charge in [-0.05, 0) is 60.1 Å². The van der Waals surface area contributed by atoms with Crippen molar-refractivity contribution in [2.75, 3.05) is 6.26 Å². The van der Waals surface area contributed by atoms with E-state index in [1.54, 1.807) is 12.1 Å². The van der Waals surface area contributed by atoms with Crippen molar-refractivity contribution in [1.29, 1.82) is 0 Å². The Kier molecular flexibility index (Phi) is 5.11.